The summed E-state index contributed by atoms with van der Waals surface area (Å²) in [6, 6.07) is 10.6. The van der Waals surface area contributed by atoms with Gasteiger partial charge in [0.25, 0.3) is 0 Å². The summed E-state index contributed by atoms with van der Waals surface area (Å²) in [7, 11) is 0. The van der Waals surface area contributed by atoms with E-state index in [1.54, 1.807) is 0 Å². The molecule has 0 radical (unpaired) electrons. The predicted molar refractivity (Wildman–Crippen MR) is 88.9 cm³/mol. The van der Waals surface area contributed by atoms with Crippen molar-refractivity contribution in [3.8, 4) is 11.1 Å². The highest BCUT2D eigenvalue weighted by Gasteiger charge is 2.30. The molecule has 8 heteroatoms. The molecule has 0 aliphatic heterocycles. The van der Waals surface area contributed by atoms with Crippen LogP contribution in [0.5, 0.6) is 0 Å². The van der Waals surface area contributed by atoms with Gasteiger partial charge in [0.1, 0.15) is 5.82 Å². The van der Waals surface area contributed by atoms with Crippen LogP contribution in [-0.2, 0) is 12.7 Å². The molecule has 0 aliphatic rings. The molecule has 2 aromatic carbocycles. The molecular formula is C15H14Cl2F3N3. The Morgan fingerprint density at radius 3 is 2.22 bits per heavy atom. The van der Waals surface area contributed by atoms with Crippen molar-refractivity contribution in [1.82, 2.24) is 9.97 Å². The third-order valence-corrected chi connectivity index (χ3v) is 3.28. The topological polar surface area (TPSA) is 54.7 Å². The number of nitrogens with one attached hydrogen (secondary N) is 1. The Labute approximate surface area is 142 Å². The van der Waals surface area contributed by atoms with Gasteiger partial charge in [0.15, 0.2) is 0 Å². The van der Waals surface area contributed by atoms with Gasteiger partial charge in [-0.3, -0.25) is 0 Å². The molecule has 1 aromatic heterocycles. The van der Waals surface area contributed by atoms with Crippen molar-refractivity contribution in [2.45, 2.75) is 12.7 Å². The quantitative estimate of drug-likeness (QED) is 0.701. The summed E-state index contributed by atoms with van der Waals surface area (Å²) in [5, 5.41) is 0. The standard InChI is InChI=1S/C15H12F3N3.2ClH/c16-15(17,18)10-6-4-9(5-7-10)11-2-1-3-12-14(11)21-13(8-19)20-12;;/h1-7H,8,19H2,(H,20,21);2*1H. The fourth-order valence-corrected chi connectivity index (χ4v) is 2.25. The Balaban J connectivity index is 0.00000132. The van der Waals surface area contributed by atoms with Crippen molar-refractivity contribution >= 4 is 35.8 Å². The van der Waals surface area contributed by atoms with Gasteiger partial charge in [-0.05, 0) is 23.8 Å². The minimum atomic E-state index is -4.33. The van der Waals surface area contributed by atoms with Gasteiger partial charge in [-0.25, -0.2) is 4.98 Å². The average molecular weight is 364 g/mol. The van der Waals surface area contributed by atoms with E-state index >= 15 is 0 Å². The average Bonchev–Trinajstić information content (AvgIpc) is 2.89. The van der Waals surface area contributed by atoms with E-state index in [1.807, 2.05) is 18.2 Å². The molecule has 0 saturated heterocycles. The largest absolute Gasteiger partial charge is 0.416 e. The van der Waals surface area contributed by atoms with E-state index in [0.717, 1.165) is 23.2 Å². The molecule has 0 amide bonds. The summed E-state index contributed by atoms with van der Waals surface area (Å²) in [5.41, 5.74) is 7.87. The Kier molecular flexibility index (Phi) is 6.04. The normalized spacial score (nSPS) is 11.0. The number of nitrogens with zero attached hydrogens (tertiary/aromatic N) is 1. The second-order valence-electron chi connectivity index (χ2n) is 4.66. The zero-order valence-corrected chi connectivity index (χ0v) is 13.4. The van der Waals surface area contributed by atoms with Gasteiger partial charge in [-0.2, -0.15) is 13.2 Å². The Hall–Kier alpha value is -1.76. The van der Waals surface area contributed by atoms with Crippen molar-refractivity contribution in [3.63, 3.8) is 0 Å². The lowest BCUT2D eigenvalue weighted by Gasteiger charge is -2.08. The Morgan fingerprint density at radius 2 is 1.65 bits per heavy atom. The summed E-state index contributed by atoms with van der Waals surface area (Å²) in [4.78, 5) is 7.45. The van der Waals surface area contributed by atoms with E-state index in [9.17, 15) is 13.2 Å². The molecule has 0 bridgehead atoms. The molecule has 0 saturated carbocycles. The van der Waals surface area contributed by atoms with Crippen LogP contribution in [0.1, 0.15) is 11.4 Å². The number of nitrogens with two attached hydrogens (primary N) is 1. The van der Waals surface area contributed by atoms with Gasteiger partial charge < -0.3 is 10.7 Å². The predicted octanol–water partition coefficient (Wildman–Crippen LogP) is 4.55. The van der Waals surface area contributed by atoms with E-state index in [0.29, 0.717) is 16.9 Å². The molecule has 3 nitrogen and oxygen atoms in total. The second-order valence-corrected chi connectivity index (χ2v) is 4.66. The number of alkyl halides is 3. The number of benzene rings is 2. The molecule has 0 aliphatic carbocycles. The van der Waals surface area contributed by atoms with E-state index in [4.69, 9.17) is 5.73 Å². The van der Waals surface area contributed by atoms with Crippen molar-refractivity contribution in [3.05, 3.63) is 53.9 Å². The van der Waals surface area contributed by atoms with Crippen molar-refractivity contribution < 1.29 is 13.2 Å². The molecule has 124 valence electrons. The molecule has 23 heavy (non-hydrogen) atoms. The van der Waals surface area contributed by atoms with Crippen LogP contribution in [0, 0.1) is 0 Å². The molecule has 3 rings (SSSR count). The second kappa shape index (κ2) is 7.21. The number of rotatable bonds is 2. The van der Waals surface area contributed by atoms with Crippen LogP contribution >= 0.6 is 24.8 Å². The fourth-order valence-electron chi connectivity index (χ4n) is 2.25. The first-order chi connectivity index (χ1) is 9.99. The number of aromatic amines is 1. The Bertz CT molecular complexity index is 783. The highest BCUT2D eigenvalue weighted by atomic mass is 35.5. The number of halogens is 5. The SMILES string of the molecule is Cl.Cl.NCc1nc2c(-c3ccc(C(F)(F)F)cc3)cccc2[nH]1. The number of fused-ring (bicyclic) bond motifs is 1. The van der Waals surface area contributed by atoms with Crippen LogP contribution in [-0.4, -0.2) is 9.97 Å². The van der Waals surface area contributed by atoms with Gasteiger partial charge in [0.2, 0.25) is 0 Å². The van der Waals surface area contributed by atoms with Crippen molar-refractivity contribution in [2.75, 3.05) is 0 Å². The molecule has 0 spiro atoms. The number of aromatic nitrogens is 2. The van der Waals surface area contributed by atoms with Crippen LogP contribution in [0.15, 0.2) is 42.5 Å². The van der Waals surface area contributed by atoms with Crippen LogP contribution in [0.4, 0.5) is 13.2 Å². The monoisotopic (exact) mass is 363 g/mol. The van der Waals surface area contributed by atoms with Crippen molar-refractivity contribution in [1.29, 1.82) is 0 Å². The first kappa shape index (κ1) is 19.3. The molecular weight excluding hydrogens is 350 g/mol. The third kappa shape index (κ3) is 3.77. The maximum atomic E-state index is 12.6. The maximum absolute atomic E-state index is 12.6. The number of para-hydroxylation sites is 1. The molecule has 3 N–H and O–H groups in total. The first-order valence-electron chi connectivity index (χ1n) is 6.34. The minimum Gasteiger partial charge on any atom is -0.341 e. The summed E-state index contributed by atoms with van der Waals surface area (Å²) >= 11 is 0. The lowest BCUT2D eigenvalue weighted by molar-refractivity contribution is -0.137. The van der Waals surface area contributed by atoms with E-state index in [-0.39, 0.29) is 31.4 Å². The lowest BCUT2D eigenvalue weighted by atomic mass is 10.0. The number of hydrogen-bond acceptors (Lipinski definition) is 2. The summed E-state index contributed by atoms with van der Waals surface area (Å²) in [6.45, 7) is 0.279. The van der Waals surface area contributed by atoms with E-state index in [1.165, 1.54) is 12.1 Å². The highest BCUT2D eigenvalue weighted by Crippen LogP contribution is 2.32. The maximum Gasteiger partial charge on any atom is 0.416 e. The van der Waals surface area contributed by atoms with Crippen LogP contribution in [0.2, 0.25) is 0 Å². The molecule has 0 unspecified atom stereocenters. The number of imidazole rings is 1. The first-order valence-corrected chi connectivity index (χ1v) is 6.34. The van der Waals surface area contributed by atoms with E-state index in [2.05, 4.69) is 9.97 Å². The zero-order chi connectivity index (χ0) is 15.0. The fraction of sp³-hybridized carbons (Fsp3) is 0.133. The molecule has 3 aromatic rings. The Morgan fingerprint density at radius 1 is 1.00 bits per heavy atom. The summed E-state index contributed by atoms with van der Waals surface area (Å²) in [5.74, 6) is 0.643. The minimum absolute atomic E-state index is 0. The van der Waals surface area contributed by atoms with Crippen molar-refractivity contribution in [2.24, 2.45) is 5.73 Å². The summed E-state index contributed by atoms with van der Waals surface area (Å²) < 4.78 is 37.8. The van der Waals surface area contributed by atoms with Gasteiger partial charge in [-0.15, -0.1) is 24.8 Å². The van der Waals surface area contributed by atoms with E-state index < -0.39 is 11.7 Å². The van der Waals surface area contributed by atoms with Crippen LogP contribution in [0.3, 0.4) is 0 Å². The number of hydrogen-bond donors (Lipinski definition) is 2. The van der Waals surface area contributed by atoms with Gasteiger partial charge >= 0.3 is 6.18 Å². The number of H-pyrrole nitrogens is 1. The highest BCUT2D eigenvalue weighted by molar-refractivity contribution is 5.92. The van der Waals surface area contributed by atoms with Gasteiger partial charge in [-0.1, -0.05) is 24.3 Å². The molecule has 0 fully saturated rings. The molecule has 0 atom stereocenters. The van der Waals surface area contributed by atoms with Crippen LogP contribution < -0.4 is 5.73 Å². The molecule has 1 heterocycles. The summed E-state index contributed by atoms with van der Waals surface area (Å²) in [6.07, 6.45) is -4.33. The zero-order valence-electron chi connectivity index (χ0n) is 11.7. The third-order valence-electron chi connectivity index (χ3n) is 3.28. The lowest BCUT2D eigenvalue weighted by Crippen LogP contribution is -2.04. The van der Waals surface area contributed by atoms with Gasteiger partial charge in [0, 0.05) is 5.56 Å². The van der Waals surface area contributed by atoms with Crippen LogP contribution in [0.25, 0.3) is 22.2 Å². The smallest absolute Gasteiger partial charge is 0.341 e. The van der Waals surface area contributed by atoms with Gasteiger partial charge in [0.05, 0.1) is 23.1 Å².